The zero-order valence-electron chi connectivity index (χ0n) is 10.5. The van der Waals surface area contributed by atoms with Gasteiger partial charge < -0.3 is 5.32 Å². The third-order valence-corrected chi connectivity index (χ3v) is 2.59. The molecule has 1 aromatic carbocycles. The quantitative estimate of drug-likeness (QED) is 0.676. The number of carbonyl (C=O) groups excluding carboxylic acids is 1. The lowest BCUT2D eigenvalue weighted by Crippen LogP contribution is -2.24. The van der Waals surface area contributed by atoms with Crippen molar-refractivity contribution >= 4 is 11.6 Å². The summed E-state index contributed by atoms with van der Waals surface area (Å²) in [6.45, 7) is 0.132. The number of amides is 1. The highest BCUT2D eigenvalue weighted by Gasteiger charge is 2.24. The normalized spacial score (nSPS) is 10.3. The topological polar surface area (TPSA) is 90.1 Å². The molecule has 1 amide bonds. The van der Waals surface area contributed by atoms with Crippen molar-refractivity contribution < 1.29 is 14.1 Å². The van der Waals surface area contributed by atoms with Crippen molar-refractivity contribution in [1.29, 1.82) is 0 Å². The summed E-state index contributed by atoms with van der Waals surface area (Å²) in [7, 11) is 1.49. The van der Waals surface area contributed by atoms with Gasteiger partial charge in [-0.25, -0.2) is 4.39 Å². The Balaban J connectivity index is 2.09. The van der Waals surface area contributed by atoms with E-state index >= 15 is 0 Å². The number of rotatable bonds is 4. The van der Waals surface area contributed by atoms with Crippen molar-refractivity contribution in [2.45, 2.75) is 6.54 Å². The highest BCUT2D eigenvalue weighted by molar-refractivity contribution is 5.95. The fraction of sp³-hybridized carbons (Fsp3) is 0.167. The number of hydrogen-bond donors (Lipinski definition) is 1. The molecule has 0 unspecified atom stereocenters. The predicted molar refractivity (Wildman–Crippen MR) is 67.4 cm³/mol. The van der Waals surface area contributed by atoms with Crippen LogP contribution in [0, 0.1) is 15.9 Å². The molecular formula is C12H11FN4O3. The lowest BCUT2D eigenvalue weighted by Gasteiger charge is -2.03. The van der Waals surface area contributed by atoms with E-state index in [1.165, 1.54) is 36.0 Å². The molecule has 0 fully saturated rings. The lowest BCUT2D eigenvalue weighted by atomic mass is 10.2. The monoisotopic (exact) mass is 278 g/mol. The fourth-order valence-corrected chi connectivity index (χ4v) is 1.64. The third-order valence-electron chi connectivity index (χ3n) is 2.59. The maximum Gasteiger partial charge on any atom is 0.320 e. The number of benzene rings is 1. The van der Waals surface area contributed by atoms with Gasteiger partial charge in [-0.3, -0.25) is 19.6 Å². The molecule has 2 rings (SSSR count). The molecule has 0 spiro atoms. The van der Waals surface area contributed by atoms with E-state index in [4.69, 9.17) is 0 Å². The van der Waals surface area contributed by atoms with Gasteiger partial charge in [0, 0.05) is 13.6 Å². The molecule has 0 aliphatic carbocycles. The minimum atomic E-state index is -0.667. The molecule has 1 heterocycles. The number of nitrogens with zero attached hydrogens (tertiary/aromatic N) is 3. The van der Waals surface area contributed by atoms with Gasteiger partial charge in [-0.05, 0) is 17.7 Å². The summed E-state index contributed by atoms with van der Waals surface area (Å²) < 4.78 is 13.9. The van der Waals surface area contributed by atoms with E-state index in [1.54, 1.807) is 0 Å². The second-order valence-corrected chi connectivity index (χ2v) is 4.10. The van der Waals surface area contributed by atoms with Crippen LogP contribution in [-0.2, 0) is 13.6 Å². The molecule has 2 aromatic rings. The first-order valence-corrected chi connectivity index (χ1v) is 5.68. The maximum absolute atomic E-state index is 12.7. The van der Waals surface area contributed by atoms with Crippen LogP contribution < -0.4 is 5.32 Å². The van der Waals surface area contributed by atoms with Crippen LogP contribution in [-0.4, -0.2) is 20.6 Å². The fourth-order valence-electron chi connectivity index (χ4n) is 1.64. The second-order valence-electron chi connectivity index (χ2n) is 4.10. The first-order chi connectivity index (χ1) is 9.47. The van der Waals surface area contributed by atoms with Gasteiger partial charge in [0.25, 0.3) is 5.91 Å². The van der Waals surface area contributed by atoms with Gasteiger partial charge in [0.15, 0.2) is 0 Å². The zero-order valence-corrected chi connectivity index (χ0v) is 10.5. The van der Waals surface area contributed by atoms with Gasteiger partial charge in [0.1, 0.15) is 12.0 Å². The van der Waals surface area contributed by atoms with Crippen LogP contribution >= 0.6 is 0 Å². The molecule has 0 aliphatic heterocycles. The summed E-state index contributed by atoms with van der Waals surface area (Å²) in [5.41, 5.74) is 0.0713. The standard InChI is InChI=1S/C12H11FN4O3/c1-16-7-10(17(19)20)11(15-16)12(18)14-6-8-2-4-9(13)5-3-8/h2-5,7H,6H2,1H3,(H,14,18). The molecule has 0 radical (unpaired) electrons. The Morgan fingerprint density at radius 1 is 1.45 bits per heavy atom. The molecule has 0 saturated carbocycles. The Labute approximate surface area is 113 Å². The second kappa shape index (κ2) is 5.47. The minimum Gasteiger partial charge on any atom is -0.346 e. The van der Waals surface area contributed by atoms with Crippen LogP contribution in [0.15, 0.2) is 30.5 Å². The number of carbonyl (C=O) groups is 1. The van der Waals surface area contributed by atoms with E-state index in [-0.39, 0.29) is 23.7 Å². The summed E-state index contributed by atoms with van der Waals surface area (Å²) in [6.07, 6.45) is 1.16. The number of hydrogen-bond acceptors (Lipinski definition) is 4. The third kappa shape index (κ3) is 2.97. The first kappa shape index (κ1) is 13.7. The average Bonchev–Trinajstić information content (AvgIpc) is 2.80. The molecule has 1 aromatic heterocycles. The number of nitrogens with one attached hydrogen (secondary N) is 1. The van der Waals surface area contributed by atoms with Crippen LogP contribution in [0.3, 0.4) is 0 Å². The van der Waals surface area contributed by atoms with E-state index in [2.05, 4.69) is 10.4 Å². The SMILES string of the molecule is Cn1cc([N+](=O)[O-])c(C(=O)NCc2ccc(F)cc2)n1. The van der Waals surface area contributed by atoms with E-state index in [0.717, 1.165) is 6.20 Å². The Morgan fingerprint density at radius 2 is 2.10 bits per heavy atom. The molecule has 0 saturated heterocycles. The van der Waals surface area contributed by atoms with Crippen molar-refractivity contribution in [3.8, 4) is 0 Å². The van der Waals surface area contributed by atoms with Crippen molar-refractivity contribution in [3.63, 3.8) is 0 Å². The zero-order chi connectivity index (χ0) is 14.7. The molecule has 0 atom stereocenters. The maximum atomic E-state index is 12.7. The van der Waals surface area contributed by atoms with Crippen LogP contribution in [0.4, 0.5) is 10.1 Å². The summed E-state index contributed by atoms with van der Waals surface area (Å²) in [4.78, 5) is 22.0. The lowest BCUT2D eigenvalue weighted by molar-refractivity contribution is -0.385. The average molecular weight is 278 g/mol. The van der Waals surface area contributed by atoms with Crippen molar-refractivity contribution in [3.05, 3.63) is 57.7 Å². The van der Waals surface area contributed by atoms with Crippen molar-refractivity contribution in [1.82, 2.24) is 15.1 Å². The number of aromatic nitrogens is 2. The molecular weight excluding hydrogens is 267 g/mol. The highest BCUT2D eigenvalue weighted by atomic mass is 19.1. The molecule has 1 N–H and O–H groups in total. The molecule has 0 bridgehead atoms. The Bertz CT molecular complexity index is 651. The molecule has 8 heteroatoms. The summed E-state index contributed by atoms with van der Waals surface area (Å²) >= 11 is 0. The molecule has 7 nitrogen and oxygen atoms in total. The summed E-state index contributed by atoms with van der Waals surface area (Å²) in [5.74, 6) is -1.03. The summed E-state index contributed by atoms with van der Waals surface area (Å²) in [6, 6.07) is 5.57. The Hall–Kier alpha value is -2.77. The van der Waals surface area contributed by atoms with E-state index < -0.39 is 10.8 Å². The number of halogens is 1. The van der Waals surface area contributed by atoms with E-state index in [1.807, 2.05) is 0 Å². The van der Waals surface area contributed by atoms with Gasteiger partial charge in [0.05, 0.1) is 4.92 Å². The minimum absolute atomic E-state index is 0.132. The van der Waals surface area contributed by atoms with E-state index in [0.29, 0.717) is 5.56 Å². The van der Waals surface area contributed by atoms with Gasteiger partial charge in [0.2, 0.25) is 5.69 Å². The Morgan fingerprint density at radius 3 is 2.70 bits per heavy atom. The van der Waals surface area contributed by atoms with Crippen LogP contribution in [0.1, 0.15) is 16.1 Å². The summed E-state index contributed by atoms with van der Waals surface area (Å²) in [5, 5.41) is 17.0. The highest BCUT2D eigenvalue weighted by Crippen LogP contribution is 2.15. The van der Waals surface area contributed by atoms with Crippen LogP contribution in [0.25, 0.3) is 0 Å². The van der Waals surface area contributed by atoms with Gasteiger partial charge in [-0.1, -0.05) is 12.1 Å². The van der Waals surface area contributed by atoms with Crippen LogP contribution in [0.2, 0.25) is 0 Å². The van der Waals surface area contributed by atoms with Gasteiger partial charge in [-0.15, -0.1) is 0 Å². The molecule has 104 valence electrons. The van der Waals surface area contributed by atoms with Crippen LogP contribution in [0.5, 0.6) is 0 Å². The predicted octanol–water partition coefficient (Wildman–Crippen LogP) is 1.40. The smallest absolute Gasteiger partial charge is 0.320 e. The number of nitro groups is 1. The molecule has 20 heavy (non-hydrogen) atoms. The van der Waals surface area contributed by atoms with E-state index in [9.17, 15) is 19.3 Å². The van der Waals surface area contributed by atoms with Crippen molar-refractivity contribution in [2.24, 2.45) is 7.05 Å². The largest absolute Gasteiger partial charge is 0.346 e. The van der Waals surface area contributed by atoms with Gasteiger partial charge in [-0.2, -0.15) is 5.10 Å². The first-order valence-electron chi connectivity index (χ1n) is 5.68. The van der Waals surface area contributed by atoms with Gasteiger partial charge >= 0.3 is 5.69 Å². The molecule has 0 aliphatic rings. The Kier molecular flexibility index (Phi) is 3.74. The number of aryl methyl sites for hydroxylation is 1. The van der Waals surface area contributed by atoms with Crippen molar-refractivity contribution in [2.75, 3.05) is 0 Å².